The molecule has 0 aliphatic rings. The molecule has 2 N–H and O–H groups in total. The zero-order valence-corrected chi connectivity index (χ0v) is 26.6. The summed E-state index contributed by atoms with van der Waals surface area (Å²) in [7, 11) is 3.18. The van der Waals surface area contributed by atoms with Gasteiger partial charge in [0.25, 0.3) is 5.56 Å². The normalized spacial score (nSPS) is 11.4. The van der Waals surface area contributed by atoms with Crippen molar-refractivity contribution in [1.29, 1.82) is 0 Å². The summed E-state index contributed by atoms with van der Waals surface area (Å²) in [4.78, 5) is 49.5. The number of anilines is 1. The number of carbonyl (C=O) groups excluding carboxylic acids is 1. The van der Waals surface area contributed by atoms with Crippen LogP contribution in [0.5, 0.6) is 0 Å². The van der Waals surface area contributed by atoms with Crippen molar-refractivity contribution in [2.24, 2.45) is 0 Å². The highest BCUT2D eigenvalue weighted by Gasteiger charge is 2.25. The van der Waals surface area contributed by atoms with Crippen LogP contribution in [-0.2, 0) is 24.5 Å². The number of benzene rings is 3. The van der Waals surface area contributed by atoms with Gasteiger partial charge in [0, 0.05) is 29.2 Å². The fraction of sp³-hybridized carbons (Fsp3) is 0.188. The molecule has 0 fully saturated rings. The van der Waals surface area contributed by atoms with Crippen LogP contribution in [0.4, 0.5) is 19.3 Å². The first-order chi connectivity index (χ1) is 23.2. The van der Waals surface area contributed by atoms with Crippen LogP contribution in [0.15, 0.2) is 88.7 Å². The standard InChI is InChI=1S/C32H29F2N9O4S/c1-40(15-16-42-36-19-35-39-42)17-24-27-29(44)43(22-7-4-3-5-8-22)32(46)41(18-23-25(33)9-6-10-26(23)34)30(27)48-28(24)20-11-13-21(14-12-20)37-31(45)38-47-2/h3-14,19H,15-18H2,1-2H3,(H2,37,38,45). The average molecular weight is 674 g/mol. The van der Waals surface area contributed by atoms with Gasteiger partial charge in [-0.05, 0) is 59.8 Å². The van der Waals surface area contributed by atoms with Gasteiger partial charge in [-0.1, -0.05) is 36.4 Å². The number of fused-ring (bicyclic) bond motifs is 1. The van der Waals surface area contributed by atoms with Gasteiger partial charge in [0.05, 0.1) is 31.3 Å². The second-order valence-electron chi connectivity index (χ2n) is 10.7. The molecule has 3 aromatic carbocycles. The molecule has 0 atom stereocenters. The second kappa shape index (κ2) is 14.0. The molecule has 0 aliphatic carbocycles. The number of para-hydroxylation sites is 1. The number of thiophene rings is 1. The van der Waals surface area contributed by atoms with Crippen molar-refractivity contribution in [1.82, 2.24) is 39.7 Å². The minimum Gasteiger partial charge on any atom is -0.306 e. The van der Waals surface area contributed by atoms with Gasteiger partial charge in [-0.2, -0.15) is 4.80 Å². The molecule has 0 saturated heterocycles. The Morgan fingerprint density at radius 2 is 1.71 bits per heavy atom. The van der Waals surface area contributed by atoms with E-state index in [-0.39, 0.29) is 22.3 Å². The average Bonchev–Trinajstić information content (AvgIpc) is 3.73. The van der Waals surface area contributed by atoms with Crippen LogP contribution in [0.2, 0.25) is 0 Å². The number of likely N-dealkylation sites (N-methyl/N-ethyl adjacent to an activating group) is 1. The maximum Gasteiger partial charge on any atom is 0.343 e. The quantitative estimate of drug-likeness (QED) is 0.197. The van der Waals surface area contributed by atoms with Gasteiger partial charge >= 0.3 is 11.7 Å². The summed E-state index contributed by atoms with van der Waals surface area (Å²) in [6.07, 6.45) is 1.34. The van der Waals surface area contributed by atoms with Crippen LogP contribution >= 0.6 is 11.3 Å². The number of hydrogen-bond acceptors (Lipinski definition) is 9. The third-order valence-electron chi connectivity index (χ3n) is 7.57. The molecule has 246 valence electrons. The molecular weight excluding hydrogens is 644 g/mol. The van der Waals surface area contributed by atoms with Crippen LogP contribution in [0.25, 0.3) is 26.3 Å². The van der Waals surface area contributed by atoms with Gasteiger partial charge in [-0.25, -0.2) is 28.4 Å². The van der Waals surface area contributed by atoms with Crippen molar-refractivity contribution in [2.75, 3.05) is 26.0 Å². The maximum atomic E-state index is 15.0. The number of urea groups is 1. The first-order valence-corrected chi connectivity index (χ1v) is 15.5. The molecule has 3 aromatic heterocycles. The van der Waals surface area contributed by atoms with Crippen molar-refractivity contribution in [3.63, 3.8) is 0 Å². The van der Waals surface area contributed by atoms with Gasteiger partial charge < -0.3 is 10.2 Å². The van der Waals surface area contributed by atoms with Crippen molar-refractivity contribution in [2.45, 2.75) is 19.6 Å². The predicted octanol–water partition coefficient (Wildman–Crippen LogP) is 4.01. The third kappa shape index (κ3) is 6.62. The number of halogens is 2. The zero-order chi connectivity index (χ0) is 33.8. The summed E-state index contributed by atoms with van der Waals surface area (Å²) in [5, 5.41) is 14.6. The van der Waals surface area contributed by atoms with E-state index in [1.54, 1.807) is 54.6 Å². The number of rotatable bonds is 11. The lowest BCUT2D eigenvalue weighted by Crippen LogP contribution is -2.39. The Bertz CT molecular complexity index is 2160. The summed E-state index contributed by atoms with van der Waals surface area (Å²) >= 11 is 1.17. The molecule has 2 amide bonds. The Morgan fingerprint density at radius 3 is 2.38 bits per heavy atom. The van der Waals surface area contributed by atoms with Crippen molar-refractivity contribution < 1.29 is 18.4 Å². The Hall–Kier alpha value is -5.58. The number of hydrogen-bond donors (Lipinski definition) is 2. The molecular formula is C32H29F2N9O4S. The number of amides is 2. The number of nitrogens with one attached hydrogen (secondary N) is 2. The number of hydroxylamine groups is 1. The monoisotopic (exact) mass is 673 g/mol. The Kier molecular flexibility index (Phi) is 9.47. The topological polar surface area (TPSA) is 141 Å². The molecule has 48 heavy (non-hydrogen) atoms. The van der Waals surface area contributed by atoms with Gasteiger partial charge in [0.15, 0.2) is 6.33 Å². The number of nitrogens with zero attached hydrogens (tertiary/aromatic N) is 7. The highest BCUT2D eigenvalue weighted by atomic mass is 32.1. The SMILES string of the molecule is CONC(=O)Nc1ccc(-c2sc3c(c2CN(C)CCn2ncnn2)c(=O)n(-c2ccccc2)c(=O)n3Cc2c(F)cccc2F)cc1. The molecule has 3 heterocycles. The molecule has 0 bridgehead atoms. The van der Waals surface area contributed by atoms with Crippen LogP contribution in [0.3, 0.4) is 0 Å². The second-order valence-corrected chi connectivity index (χ2v) is 11.7. The molecule has 0 unspecified atom stereocenters. The van der Waals surface area contributed by atoms with Crippen molar-refractivity contribution in [3.05, 3.63) is 123 Å². The molecule has 0 radical (unpaired) electrons. The highest BCUT2D eigenvalue weighted by molar-refractivity contribution is 7.22. The van der Waals surface area contributed by atoms with Gasteiger partial charge in [-0.3, -0.25) is 14.2 Å². The van der Waals surface area contributed by atoms with E-state index in [2.05, 4.69) is 31.0 Å². The van der Waals surface area contributed by atoms with E-state index in [1.807, 2.05) is 11.9 Å². The van der Waals surface area contributed by atoms with E-state index < -0.39 is 35.5 Å². The van der Waals surface area contributed by atoms with Crippen molar-refractivity contribution >= 4 is 33.3 Å². The highest BCUT2D eigenvalue weighted by Crippen LogP contribution is 2.38. The summed E-state index contributed by atoms with van der Waals surface area (Å²) in [6, 6.07) is 18.2. The van der Waals surface area contributed by atoms with Crippen LogP contribution in [-0.4, -0.2) is 61.0 Å². The lowest BCUT2D eigenvalue weighted by atomic mass is 10.1. The lowest BCUT2D eigenvalue weighted by Gasteiger charge is -2.18. The molecule has 0 saturated carbocycles. The van der Waals surface area contributed by atoms with E-state index in [4.69, 9.17) is 0 Å². The van der Waals surface area contributed by atoms with E-state index in [0.717, 1.165) is 16.7 Å². The van der Waals surface area contributed by atoms with Gasteiger partial charge in [0.1, 0.15) is 16.5 Å². The minimum absolute atomic E-state index is 0.239. The summed E-state index contributed by atoms with van der Waals surface area (Å²) in [6.45, 7) is 0.711. The molecule has 0 spiro atoms. The summed E-state index contributed by atoms with van der Waals surface area (Å²) < 4.78 is 32.2. The minimum atomic E-state index is -0.813. The van der Waals surface area contributed by atoms with Crippen LogP contribution in [0.1, 0.15) is 11.1 Å². The van der Waals surface area contributed by atoms with E-state index >= 15 is 0 Å². The van der Waals surface area contributed by atoms with Gasteiger partial charge in [-0.15, -0.1) is 21.5 Å². The molecule has 6 rings (SSSR count). The Balaban J connectivity index is 1.56. The molecule has 13 nitrogen and oxygen atoms in total. The fourth-order valence-electron chi connectivity index (χ4n) is 5.29. The van der Waals surface area contributed by atoms with Gasteiger partial charge in [0.2, 0.25) is 0 Å². The largest absolute Gasteiger partial charge is 0.343 e. The molecule has 16 heteroatoms. The first-order valence-electron chi connectivity index (χ1n) is 14.6. The summed E-state index contributed by atoms with van der Waals surface area (Å²) in [5.74, 6) is -1.63. The zero-order valence-electron chi connectivity index (χ0n) is 25.8. The predicted molar refractivity (Wildman–Crippen MR) is 176 cm³/mol. The Labute approximate surface area is 275 Å². The molecule has 6 aromatic rings. The number of aromatic nitrogens is 6. The van der Waals surface area contributed by atoms with Crippen molar-refractivity contribution in [3.8, 4) is 16.1 Å². The molecule has 0 aliphatic heterocycles. The van der Waals surface area contributed by atoms with E-state index in [0.29, 0.717) is 40.5 Å². The maximum absolute atomic E-state index is 15.0. The summed E-state index contributed by atoms with van der Waals surface area (Å²) in [5.41, 5.74) is 2.66. The van der Waals surface area contributed by atoms with E-state index in [9.17, 15) is 23.2 Å². The number of tetrazole rings is 1. The Morgan fingerprint density at radius 1 is 0.979 bits per heavy atom. The lowest BCUT2D eigenvalue weighted by molar-refractivity contribution is 0.114. The smallest absolute Gasteiger partial charge is 0.306 e. The van der Waals surface area contributed by atoms with Crippen LogP contribution < -0.4 is 22.0 Å². The first kappa shape index (κ1) is 32.4. The number of carbonyl (C=O) groups is 1. The van der Waals surface area contributed by atoms with E-state index in [1.165, 1.54) is 40.2 Å². The fourth-order valence-corrected chi connectivity index (χ4v) is 6.60. The third-order valence-corrected chi connectivity index (χ3v) is 8.87. The van der Waals surface area contributed by atoms with Crippen LogP contribution in [0, 0.1) is 11.6 Å².